The van der Waals surface area contributed by atoms with Crippen LogP contribution in [0, 0.1) is 0 Å². The van der Waals surface area contributed by atoms with Crippen LogP contribution in [0.1, 0.15) is 12.5 Å². The van der Waals surface area contributed by atoms with Crippen molar-refractivity contribution in [2.45, 2.75) is 19.5 Å². The molecule has 1 atom stereocenters. The number of hydrogen-bond acceptors (Lipinski definition) is 3. The predicted molar refractivity (Wildman–Crippen MR) is 63.0 cm³/mol. The first-order chi connectivity index (χ1) is 7.08. The number of hydrogen-bond donors (Lipinski definition) is 2. The molecule has 1 unspecified atom stereocenters. The van der Waals surface area contributed by atoms with E-state index in [4.69, 9.17) is 5.11 Å². The topological polar surface area (TPSA) is 35.5 Å². The van der Waals surface area contributed by atoms with Gasteiger partial charge in [-0.1, -0.05) is 12.1 Å². The fourth-order valence-electron chi connectivity index (χ4n) is 1.52. The van der Waals surface area contributed by atoms with E-state index >= 15 is 0 Å². The van der Waals surface area contributed by atoms with Crippen LogP contribution in [0.15, 0.2) is 24.3 Å². The van der Waals surface area contributed by atoms with Crippen LogP contribution >= 0.6 is 0 Å². The van der Waals surface area contributed by atoms with E-state index in [1.807, 2.05) is 12.1 Å². The van der Waals surface area contributed by atoms with Crippen LogP contribution in [0.2, 0.25) is 0 Å². The van der Waals surface area contributed by atoms with Gasteiger partial charge in [0.25, 0.3) is 0 Å². The van der Waals surface area contributed by atoms with Crippen molar-refractivity contribution < 1.29 is 5.11 Å². The summed E-state index contributed by atoms with van der Waals surface area (Å²) in [6.07, 6.45) is 0. The van der Waals surface area contributed by atoms with Gasteiger partial charge in [0.05, 0.1) is 0 Å². The van der Waals surface area contributed by atoms with Crippen LogP contribution in [0.5, 0.6) is 5.75 Å². The average Bonchev–Trinajstić information content (AvgIpc) is 2.16. The molecule has 0 fully saturated rings. The molecule has 0 amide bonds. The lowest BCUT2D eigenvalue weighted by atomic mass is 10.2. The van der Waals surface area contributed by atoms with Gasteiger partial charge in [-0.15, -0.1) is 0 Å². The lowest BCUT2D eigenvalue weighted by Crippen LogP contribution is -2.35. The van der Waals surface area contributed by atoms with Gasteiger partial charge < -0.3 is 15.3 Å². The second-order valence-electron chi connectivity index (χ2n) is 4.21. The average molecular weight is 208 g/mol. The normalized spacial score (nSPS) is 13.1. The Hall–Kier alpha value is -1.06. The highest BCUT2D eigenvalue weighted by molar-refractivity contribution is 5.25. The summed E-state index contributed by atoms with van der Waals surface area (Å²) in [5.74, 6) is 0.320. The fraction of sp³-hybridized carbons (Fsp3) is 0.500. The Kier molecular flexibility index (Phi) is 4.59. The summed E-state index contributed by atoms with van der Waals surface area (Å²) in [6.45, 7) is 4.04. The van der Waals surface area contributed by atoms with E-state index < -0.39 is 0 Å². The first-order valence-corrected chi connectivity index (χ1v) is 5.24. The van der Waals surface area contributed by atoms with Crippen LogP contribution < -0.4 is 5.32 Å². The van der Waals surface area contributed by atoms with Gasteiger partial charge in [-0.25, -0.2) is 0 Å². The predicted octanol–water partition coefficient (Wildman–Crippen LogP) is 1.43. The molecular weight excluding hydrogens is 188 g/mol. The van der Waals surface area contributed by atoms with E-state index in [-0.39, 0.29) is 0 Å². The number of phenolic OH excluding ortho intramolecular Hbond substituents is 1. The number of benzene rings is 1. The molecule has 1 aromatic carbocycles. The van der Waals surface area contributed by atoms with Crippen molar-refractivity contribution in [3.8, 4) is 5.75 Å². The molecule has 84 valence electrons. The van der Waals surface area contributed by atoms with E-state index in [0.29, 0.717) is 11.8 Å². The highest BCUT2D eigenvalue weighted by Gasteiger charge is 2.02. The summed E-state index contributed by atoms with van der Waals surface area (Å²) < 4.78 is 0. The van der Waals surface area contributed by atoms with E-state index in [2.05, 4.69) is 31.2 Å². The van der Waals surface area contributed by atoms with E-state index in [9.17, 15) is 0 Å². The minimum Gasteiger partial charge on any atom is -0.508 e. The van der Waals surface area contributed by atoms with Gasteiger partial charge in [0, 0.05) is 19.1 Å². The van der Waals surface area contributed by atoms with Gasteiger partial charge in [0.1, 0.15) is 5.75 Å². The Bertz CT molecular complexity index is 282. The largest absolute Gasteiger partial charge is 0.508 e. The molecular formula is C12H20N2O. The monoisotopic (exact) mass is 208 g/mol. The maximum Gasteiger partial charge on any atom is 0.115 e. The summed E-state index contributed by atoms with van der Waals surface area (Å²) in [5.41, 5.74) is 1.19. The molecule has 0 aliphatic rings. The van der Waals surface area contributed by atoms with Crippen LogP contribution in [-0.4, -0.2) is 36.7 Å². The number of rotatable bonds is 5. The Balaban J connectivity index is 2.33. The molecule has 0 radical (unpaired) electrons. The number of phenols is 1. The van der Waals surface area contributed by atoms with E-state index in [1.165, 1.54) is 5.56 Å². The van der Waals surface area contributed by atoms with Crippen molar-refractivity contribution in [3.05, 3.63) is 29.8 Å². The SMILES string of the molecule is CC(CN(C)C)NCc1ccc(O)cc1. The molecule has 0 heterocycles. The molecule has 0 bridgehead atoms. The highest BCUT2D eigenvalue weighted by Crippen LogP contribution is 2.09. The van der Waals surface area contributed by atoms with Gasteiger partial charge in [0.2, 0.25) is 0 Å². The first kappa shape index (κ1) is 12.0. The highest BCUT2D eigenvalue weighted by atomic mass is 16.3. The Morgan fingerprint density at radius 2 is 1.87 bits per heavy atom. The minimum absolute atomic E-state index is 0.320. The third kappa shape index (κ3) is 4.81. The third-order valence-electron chi connectivity index (χ3n) is 2.23. The standard InChI is InChI=1S/C12H20N2O/c1-10(9-14(2)3)13-8-11-4-6-12(15)7-5-11/h4-7,10,13,15H,8-9H2,1-3H3. The van der Waals surface area contributed by atoms with E-state index in [1.54, 1.807) is 12.1 Å². The summed E-state index contributed by atoms with van der Waals surface area (Å²) in [4.78, 5) is 2.16. The zero-order valence-corrected chi connectivity index (χ0v) is 9.70. The van der Waals surface area contributed by atoms with Crippen LogP contribution in [0.25, 0.3) is 0 Å². The lowest BCUT2D eigenvalue weighted by molar-refractivity contribution is 0.349. The molecule has 2 N–H and O–H groups in total. The molecule has 3 nitrogen and oxygen atoms in total. The number of nitrogens with one attached hydrogen (secondary N) is 1. The molecule has 0 saturated heterocycles. The van der Waals surface area contributed by atoms with Gasteiger partial charge >= 0.3 is 0 Å². The number of likely N-dealkylation sites (N-methyl/N-ethyl adjacent to an activating group) is 1. The zero-order chi connectivity index (χ0) is 11.3. The van der Waals surface area contributed by atoms with Crippen molar-refractivity contribution >= 4 is 0 Å². The van der Waals surface area contributed by atoms with Crippen molar-refractivity contribution in [2.24, 2.45) is 0 Å². The van der Waals surface area contributed by atoms with Crippen molar-refractivity contribution in [2.75, 3.05) is 20.6 Å². The molecule has 0 spiro atoms. The molecule has 0 aliphatic heterocycles. The Morgan fingerprint density at radius 1 is 1.27 bits per heavy atom. The lowest BCUT2D eigenvalue weighted by Gasteiger charge is -2.18. The maximum absolute atomic E-state index is 9.13. The zero-order valence-electron chi connectivity index (χ0n) is 9.70. The molecule has 0 aliphatic carbocycles. The van der Waals surface area contributed by atoms with Crippen molar-refractivity contribution in [1.82, 2.24) is 10.2 Å². The first-order valence-electron chi connectivity index (χ1n) is 5.24. The molecule has 15 heavy (non-hydrogen) atoms. The van der Waals surface area contributed by atoms with Crippen molar-refractivity contribution in [1.29, 1.82) is 0 Å². The number of aromatic hydroxyl groups is 1. The maximum atomic E-state index is 9.13. The Labute approximate surface area is 91.7 Å². The minimum atomic E-state index is 0.320. The molecule has 3 heteroatoms. The van der Waals surface area contributed by atoms with Gasteiger partial charge in [-0.05, 0) is 38.7 Å². The van der Waals surface area contributed by atoms with Gasteiger partial charge in [0.15, 0.2) is 0 Å². The third-order valence-corrected chi connectivity index (χ3v) is 2.23. The summed E-state index contributed by atoms with van der Waals surface area (Å²) in [6, 6.07) is 7.77. The molecule has 0 aromatic heterocycles. The second kappa shape index (κ2) is 5.73. The fourth-order valence-corrected chi connectivity index (χ4v) is 1.52. The Morgan fingerprint density at radius 3 is 2.40 bits per heavy atom. The number of nitrogens with zero attached hydrogens (tertiary/aromatic N) is 1. The summed E-state index contributed by atoms with van der Waals surface area (Å²) in [5, 5.41) is 12.6. The quantitative estimate of drug-likeness (QED) is 0.768. The summed E-state index contributed by atoms with van der Waals surface area (Å²) in [7, 11) is 4.14. The van der Waals surface area contributed by atoms with Crippen LogP contribution in [0.4, 0.5) is 0 Å². The second-order valence-corrected chi connectivity index (χ2v) is 4.21. The molecule has 1 aromatic rings. The van der Waals surface area contributed by atoms with Crippen LogP contribution in [-0.2, 0) is 6.54 Å². The van der Waals surface area contributed by atoms with E-state index in [0.717, 1.165) is 13.1 Å². The van der Waals surface area contributed by atoms with Gasteiger partial charge in [-0.2, -0.15) is 0 Å². The van der Waals surface area contributed by atoms with Crippen LogP contribution in [0.3, 0.4) is 0 Å². The molecule has 1 rings (SSSR count). The smallest absolute Gasteiger partial charge is 0.115 e. The molecule has 0 saturated carbocycles. The van der Waals surface area contributed by atoms with Crippen molar-refractivity contribution in [3.63, 3.8) is 0 Å². The summed E-state index contributed by atoms with van der Waals surface area (Å²) >= 11 is 0. The van der Waals surface area contributed by atoms with Gasteiger partial charge in [-0.3, -0.25) is 0 Å².